The number of esters is 1. The molecule has 0 spiro atoms. The van der Waals surface area contributed by atoms with Crippen molar-refractivity contribution in [1.82, 2.24) is 9.97 Å². The Hall–Kier alpha value is -1.94. The van der Waals surface area contributed by atoms with E-state index >= 15 is 0 Å². The number of halogens is 1. The molecule has 17 heavy (non-hydrogen) atoms. The molecule has 1 aromatic heterocycles. The number of rotatable bonds is 2. The smallest absolute Gasteiger partial charge is 0.358 e. The highest BCUT2D eigenvalue weighted by Gasteiger charge is 2.09. The van der Waals surface area contributed by atoms with E-state index in [9.17, 15) is 4.79 Å². The minimum atomic E-state index is -0.506. The summed E-state index contributed by atoms with van der Waals surface area (Å²) in [5.41, 5.74) is 1.62. The number of aromatic nitrogens is 2. The third-order valence-corrected chi connectivity index (χ3v) is 2.42. The summed E-state index contributed by atoms with van der Waals surface area (Å²) in [6.07, 6.45) is 2.95. The van der Waals surface area contributed by atoms with Crippen LogP contribution in [0.2, 0.25) is 5.02 Å². The molecule has 0 atom stereocenters. The molecule has 4 nitrogen and oxygen atoms in total. The van der Waals surface area contributed by atoms with Crippen molar-refractivity contribution in [1.29, 1.82) is 0 Å². The molecule has 0 aliphatic rings. The van der Waals surface area contributed by atoms with Gasteiger partial charge < -0.3 is 4.74 Å². The molecular formula is C12H9ClN2O2. The van der Waals surface area contributed by atoms with Crippen LogP contribution in [0.3, 0.4) is 0 Å². The van der Waals surface area contributed by atoms with E-state index in [4.69, 9.17) is 11.6 Å². The van der Waals surface area contributed by atoms with E-state index in [2.05, 4.69) is 14.7 Å². The molecule has 1 aromatic carbocycles. The van der Waals surface area contributed by atoms with E-state index in [0.29, 0.717) is 10.7 Å². The lowest BCUT2D eigenvalue weighted by atomic mass is 10.1. The summed E-state index contributed by atoms with van der Waals surface area (Å²) in [5.74, 6) is -0.506. The monoisotopic (exact) mass is 248 g/mol. The van der Waals surface area contributed by atoms with Gasteiger partial charge >= 0.3 is 5.97 Å². The van der Waals surface area contributed by atoms with Crippen molar-refractivity contribution in [3.05, 3.63) is 47.4 Å². The van der Waals surface area contributed by atoms with Gasteiger partial charge in [0.15, 0.2) is 5.69 Å². The van der Waals surface area contributed by atoms with Gasteiger partial charge in [-0.3, -0.25) is 4.98 Å². The molecular weight excluding hydrogens is 240 g/mol. The van der Waals surface area contributed by atoms with Crippen LogP contribution in [0.15, 0.2) is 36.7 Å². The van der Waals surface area contributed by atoms with Crippen LogP contribution in [0.4, 0.5) is 0 Å². The summed E-state index contributed by atoms with van der Waals surface area (Å²) < 4.78 is 4.58. The fraction of sp³-hybridized carbons (Fsp3) is 0.0833. The van der Waals surface area contributed by atoms with Crippen LogP contribution in [0.25, 0.3) is 11.3 Å². The van der Waals surface area contributed by atoms with Gasteiger partial charge in [-0.25, -0.2) is 9.78 Å². The second-order valence-electron chi connectivity index (χ2n) is 3.29. The Kier molecular flexibility index (Phi) is 3.35. The lowest BCUT2D eigenvalue weighted by Gasteiger charge is -2.02. The lowest BCUT2D eigenvalue weighted by Crippen LogP contribution is -2.05. The number of ether oxygens (including phenoxy) is 1. The van der Waals surface area contributed by atoms with Crippen LogP contribution < -0.4 is 0 Å². The zero-order valence-corrected chi connectivity index (χ0v) is 9.81. The SMILES string of the molecule is COC(=O)c1cncc(-c2ccc(Cl)cc2)n1. The number of carbonyl (C=O) groups is 1. The molecule has 5 heteroatoms. The van der Waals surface area contributed by atoms with Gasteiger partial charge in [0, 0.05) is 10.6 Å². The summed E-state index contributed by atoms with van der Waals surface area (Å²) >= 11 is 5.79. The number of hydrogen-bond donors (Lipinski definition) is 0. The van der Waals surface area contributed by atoms with Crippen molar-refractivity contribution in [2.75, 3.05) is 7.11 Å². The largest absolute Gasteiger partial charge is 0.464 e. The van der Waals surface area contributed by atoms with Crippen LogP contribution >= 0.6 is 11.6 Å². The number of benzene rings is 1. The summed E-state index contributed by atoms with van der Waals surface area (Å²) in [4.78, 5) is 19.4. The quantitative estimate of drug-likeness (QED) is 0.767. The third-order valence-electron chi connectivity index (χ3n) is 2.17. The van der Waals surface area contributed by atoms with Gasteiger partial charge in [0.1, 0.15) is 0 Å². The number of methoxy groups -OCH3 is 1. The Morgan fingerprint density at radius 2 is 1.94 bits per heavy atom. The minimum absolute atomic E-state index is 0.181. The van der Waals surface area contributed by atoms with Crippen molar-refractivity contribution < 1.29 is 9.53 Å². The molecule has 0 bridgehead atoms. The number of nitrogens with zero attached hydrogens (tertiary/aromatic N) is 2. The number of hydrogen-bond acceptors (Lipinski definition) is 4. The van der Waals surface area contributed by atoms with E-state index in [1.165, 1.54) is 13.3 Å². The fourth-order valence-corrected chi connectivity index (χ4v) is 1.45. The van der Waals surface area contributed by atoms with Crippen LogP contribution in [0.1, 0.15) is 10.5 Å². The minimum Gasteiger partial charge on any atom is -0.464 e. The van der Waals surface area contributed by atoms with Gasteiger partial charge in [-0.2, -0.15) is 0 Å². The van der Waals surface area contributed by atoms with Gasteiger partial charge in [-0.05, 0) is 12.1 Å². The van der Waals surface area contributed by atoms with Gasteiger partial charge in [0.2, 0.25) is 0 Å². The molecule has 0 N–H and O–H groups in total. The maximum atomic E-state index is 11.3. The molecule has 0 aliphatic carbocycles. The van der Waals surface area contributed by atoms with Crippen LogP contribution in [-0.2, 0) is 4.74 Å². The maximum Gasteiger partial charge on any atom is 0.358 e. The zero-order valence-electron chi connectivity index (χ0n) is 9.05. The molecule has 2 aromatic rings. The highest BCUT2D eigenvalue weighted by molar-refractivity contribution is 6.30. The van der Waals surface area contributed by atoms with Gasteiger partial charge in [0.05, 0.1) is 25.2 Å². The highest BCUT2D eigenvalue weighted by atomic mass is 35.5. The van der Waals surface area contributed by atoms with Crippen molar-refractivity contribution in [3.8, 4) is 11.3 Å². The average molecular weight is 249 g/mol. The zero-order chi connectivity index (χ0) is 12.3. The predicted octanol–water partition coefficient (Wildman–Crippen LogP) is 2.58. The van der Waals surface area contributed by atoms with Crippen LogP contribution in [0, 0.1) is 0 Å². The molecule has 0 unspecified atom stereocenters. The third kappa shape index (κ3) is 2.60. The van der Waals surface area contributed by atoms with Crippen molar-refractivity contribution in [2.24, 2.45) is 0 Å². The summed E-state index contributed by atoms with van der Waals surface area (Å²) in [5, 5.41) is 0.644. The average Bonchev–Trinajstić information content (AvgIpc) is 2.39. The highest BCUT2D eigenvalue weighted by Crippen LogP contribution is 2.19. The van der Waals surface area contributed by atoms with E-state index < -0.39 is 5.97 Å². The summed E-state index contributed by atoms with van der Waals surface area (Å²) in [6.45, 7) is 0. The summed E-state index contributed by atoms with van der Waals surface area (Å²) in [6, 6.07) is 7.13. The van der Waals surface area contributed by atoms with E-state index in [1.54, 1.807) is 18.3 Å². The first-order valence-electron chi connectivity index (χ1n) is 4.87. The predicted molar refractivity (Wildman–Crippen MR) is 63.8 cm³/mol. The Morgan fingerprint density at radius 1 is 1.24 bits per heavy atom. The van der Waals surface area contributed by atoms with Crippen LogP contribution in [0.5, 0.6) is 0 Å². The van der Waals surface area contributed by atoms with E-state index in [0.717, 1.165) is 5.56 Å². The van der Waals surface area contributed by atoms with Crippen molar-refractivity contribution in [2.45, 2.75) is 0 Å². The molecule has 0 fully saturated rings. The molecule has 0 amide bonds. The first-order chi connectivity index (χ1) is 8.20. The molecule has 0 aliphatic heterocycles. The molecule has 0 saturated carbocycles. The van der Waals surface area contributed by atoms with Crippen molar-refractivity contribution in [3.63, 3.8) is 0 Å². The lowest BCUT2D eigenvalue weighted by molar-refractivity contribution is 0.0593. The fourth-order valence-electron chi connectivity index (χ4n) is 1.33. The second-order valence-corrected chi connectivity index (χ2v) is 3.72. The number of carbonyl (C=O) groups excluding carboxylic acids is 1. The Balaban J connectivity index is 2.39. The molecule has 0 radical (unpaired) electrons. The summed E-state index contributed by atoms with van der Waals surface area (Å²) in [7, 11) is 1.30. The standard InChI is InChI=1S/C12H9ClN2O2/c1-17-12(16)11-7-14-6-10(15-11)8-2-4-9(13)5-3-8/h2-7H,1H3. The Morgan fingerprint density at radius 3 is 2.59 bits per heavy atom. The molecule has 2 rings (SSSR count). The van der Waals surface area contributed by atoms with Crippen LogP contribution in [-0.4, -0.2) is 23.0 Å². The van der Waals surface area contributed by atoms with Gasteiger partial charge in [-0.15, -0.1) is 0 Å². The Labute approximate surface area is 103 Å². The normalized spacial score (nSPS) is 10.0. The van der Waals surface area contributed by atoms with Gasteiger partial charge in [0.25, 0.3) is 0 Å². The van der Waals surface area contributed by atoms with E-state index in [1.807, 2.05) is 12.1 Å². The first-order valence-corrected chi connectivity index (χ1v) is 5.25. The molecule has 0 saturated heterocycles. The molecule has 1 heterocycles. The van der Waals surface area contributed by atoms with Crippen molar-refractivity contribution >= 4 is 17.6 Å². The molecule has 86 valence electrons. The van der Waals surface area contributed by atoms with Gasteiger partial charge in [-0.1, -0.05) is 23.7 Å². The topological polar surface area (TPSA) is 52.1 Å². The van der Waals surface area contributed by atoms with E-state index in [-0.39, 0.29) is 5.69 Å². The first kappa shape index (κ1) is 11.5. The maximum absolute atomic E-state index is 11.3. The second kappa shape index (κ2) is 4.93. The Bertz CT molecular complexity index is 540.